The molecule has 0 amide bonds. The summed E-state index contributed by atoms with van der Waals surface area (Å²) in [6.07, 6.45) is 5.72. The van der Waals surface area contributed by atoms with Crippen molar-refractivity contribution < 1.29 is 14.1 Å². The Balaban J connectivity index is 3.51. The van der Waals surface area contributed by atoms with E-state index in [9.17, 15) is 9.00 Å². The molecule has 0 aromatic rings. The zero-order valence-corrected chi connectivity index (χ0v) is 10.5. The summed E-state index contributed by atoms with van der Waals surface area (Å²) in [4.78, 5) is 10.4. The smallest absolute Gasteiger partial charge is 0.304 e. The van der Waals surface area contributed by atoms with Crippen molar-refractivity contribution in [3.63, 3.8) is 0 Å². The topological polar surface area (TPSA) is 54.4 Å². The van der Waals surface area contributed by atoms with Crippen LogP contribution in [-0.2, 0) is 15.6 Å². The maximum atomic E-state index is 11.6. The van der Waals surface area contributed by atoms with E-state index in [-0.39, 0.29) is 11.7 Å². The molecule has 15 heavy (non-hydrogen) atoms. The van der Waals surface area contributed by atoms with Crippen LogP contribution in [0.1, 0.15) is 52.4 Å². The van der Waals surface area contributed by atoms with Gasteiger partial charge in [-0.1, -0.05) is 39.5 Å². The zero-order valence-electron chi connectivity index (χ0n) is 9.70. The quantitative estimate of drug-likeness (QED) is 0.624. The standard InChI is InChI=1S/C11H22O3S/c1-3-4-5-6-7-8-15(14)10(2)9-11(12)13/h10H,3-9H2,1-2H3,(H,12,13). The Labute approximate surface area is 94.7 Å². The molecular formula is C11H22O3S. The van der Waals surface area contributed by atoms with Gasteiger partial charge in [-0.15, -0.1) is 0 Å². The number of hydrogen-bond acceptors (Lipinski definition) is 2. The molecule has 0 heterocycles. The fourth-order valence-electron chi connectivity index (χ4n) is 1.39. The lowest BCUT2D eigenvalue weighted by molar-refractivity contribution is -0.136. The van der Waals surface area contributed by atoms with Crippen LogP contribution in [-0.4, -0.2) is 26.3 Å². The number of unbranched alkanes of at least 4 members (excludes halogenated alkanes) is 4. The van der Waals surface area contributed by atoms with Gasteiger partial charge < -0.3 is 5.11 Å². The van der Waals surface area contributed by atoms with Gasteiger partial charge in [0.1, 0.15) is 0 Å². The normalized spacial score (nSPS) is 14.8. The minimum atomic E-state index is -0.972. The molecule has 0 aliphatic carbocycles. The van der Waals surface area contributed by atoms with Crippen LogP contribution in [0, 0.1) is 0 Å². The van der Waals surface area contributed by atoms with Crippen molar-refractivity contribution in [3.05, 3.63) is 0 Å². The SMILES string of the molecule is CCCCCCCS(=O)C(C)CC(=O)O. The lowest BCUT2D eigenvalue weighted by Gasteiger charge is -2.08. The van der Waals surface area contributed by atoms with Gasteiger partial charge in [0.05, 0.1) is 6.42 Å². The van der Waals surface area contributed by atoms with Gasteiger partial charge >= 0.3 is 5.97 Å². The first-order valence-corrected chi connectivity index (χ1v) is 7.05. The van der Waals surface area contributed by atoms with Crippen LogP contribution in [0.5, 0.6) is 0 Å². The largest absolute Gasteiger partial charge is 0.481 e. The second kappa shape index (κ2) is 8.89. The number of carboxylic acid groups (broad SMARTS) is 1. The first-order chi connectivity index (χ1) is 7.07. The molecule has 0 aliphatic rings. The predicted molar refractivity (Wildman–Crippen MR) is 63.5 cm³/mol. The molecular weight excluding hydrogens is 212 g/mol. The predicted octanol–water partition coefficient (Wildman–Crippen LogP) is 2.57. The van der Waals surface area contributed by atoms with Crippen LogP contribution < -0.4 is 0 Å². The second-order valence-electron chi connectivity index (χ2n) is 3.91. The van der Waals surface area contributed by atoms with Gasteiger partial charge in [-0.2, -0.15) is 0 Å². The van der Waals surface area contributed by atoms with E-state index < -0.39 is 16.8 Å². The van der Waals surface area contributed by atoms with E-state index in [1.165, 1.54) is 19.3 Å². The average molecular weight is 234 g/mol. The van der Waals surface area contributed by atoms with Gasteiger partial charge in [0.25, 0.3) is 0 Å². The van der Waals surface area contributed by atoms with E-state index in [1.54, 1.807) is 6.92 Å². The number of carbonyl (C=O) groups is 1. The van der Waals surface area contributed by atoms with Crippen molar-refractivity contribution in [3.8, 4) is 0 Å². The fourth-order valence-corrected chi connectivity index (χ4v) is 2.61. The molecule has 0 bridgehead atoms. The monoisotopic (exact) mass is 234 g/mol. The zero-order chi connectivity index (χ0) is 11.7. The van der Waals surface area contributed by atoms with E-state index in [4.69, 9.17) is 5.11 Å². The van der Waals surface area contributed by atoms with Crippen molar-refractivity contribution >= 4 is 16.8 Å². The van der Waals surface area contributed by atoms with Crippen LogP contribution >= 0.6 is 0 Å². The van der Waals surface area contributed by atoms with Crippen molar-refractivity contribution in [1.29, 1.82) is 0 Å². The molecule has 3 nitrogen and oxygen atoms in total. The van der Waals surface area contributed by atoms with Crippen molar-refractivity contribution in [2.75, 3.05) is 5.75 Å². The number of rotatable bonds is 9. The van der Waals surface area contributed by atoms with Crippen molar-refractivity contribution in [2.45, 2.75) is 57.6 Å². The minimum Gasteiger partial charge on any atom is -0.481 e. The first-order valence-electron chi connectivity index (χ1n) is 5.67. The van der Waals surface area contributed by atoms with Crippen LogP contribution in [0.3, 0.4) is 0 Å². The summed E-state index contributed by atoms with van der Waals surface area (Å²) in [6.45, 7) is 3.91. The minimum absolute atomic E-state index is 0.0154. The number of aliphatic carboxylic acids is 1. The van der Waals surface area contributed by atoms with Crippen molar-refractivity contribution in [1.82, 2.24) is 0 Å². The van der Waals surface area contributed by atoms with E-state index in [0.717, 1.165) is 12.8 Å². The summed E-state index contributed by atoms with van der Waals surface area (Å²) in [5.74, 6) is -0.208. The highest BCUT2D eigenvalue weighted by Crippen LogP contribution is 2.07. The molecule has 0 saturated heterocycles. The third kappa shape index (κ3) is 8.60. The Morgan fingerprint density at radius 3 is 2.40 bits per heavy atom. The number of hydrogen-bond donors (Lipinski definition) is 1. The Morgan fingerprint density at radius 1 is 1.27 bits per heavy atom. The highest BCUT2D eigenvalue weighted by atomic mass is 32.2. The Bertz CT molecular complexity index is 204. The summed E-state index contributed by atoms with van der Waals surface area (Å²) in [6, 6.07) is 0. The summed E-state index contributed by atoms with van der Waals surface area (Å²) >= 11 is 0. The van der Waals surface area contributed by atoms with E-state index in [2.05, 4.69) is 6.92 Å². The van der Waals surface area contributed by atoms with E-state index in [1.807, 2.05) is 0 Å². The van der Waals surface area contributed by atoms with Crippen LogP contribution in [0.15, 0.2) is 0 Å². The van der Waals surface area contributed by atoms with Crippen LogP contribution in [0.2, 0.25) is 0 Å². The number of carboxylic acids is 1. The molecule has 0 aliphatic heterocycles. The Hall–Kier alpha value is -0.380. The van der Waals surface area contributed by atoms with Gasteiger partial charge in [-0.05, 0) is 6.42 Å². The third-order valence-electron chi connectivity index (χ3n) is 2.36. The summed E-state index contributed by atoms with van der Waals surface area (Å²) in [7, 11) is -0.972. The maximum Gasteiger partial charge on any atom is 0.304 e. The lowest BCUT2D eigenvalue weighted by Crippen LogP contribution is -2.18. The van der Waals surface area contributed by atoms with Crippen LogP contribution in [0.25, 0.3) is 0 Å². The molecule has 4 heteroatoms. The molecule has 90 valence electrons. The fraction of sp³-hybridized carbons (Fsp3) is 0.909. The molecule has 0 rings (SSSR count). The maximum absolute atomic E-state index is 11.6. The summed E-state index contributed by atoms with van der Waals surface area (Å²) in [5, 5.41) is 8.33. The highest BCUT2D eigenvalue weighted by molar-refractivity contribution is 7.85. The van der Waals surface area contributed by atoms with Crippen molar-refractivity contribution in [2.24, 2.45) is 0 Å². The van der Waals surface area contributed by atoms with Gasteiger partial charge in [0.2, 0.25) is 0 Å². The third-order valence-corrected chi connectivity index (χ3v) is 4.12. The molecule has 0 radical (unpaired) electrons. The summed E-state index contributed by atoms with van der Waals surface area (Å²) < 4.78 is 11.6. The van der Waals surface area contributed by atoms with Crippen LogP contribution in [0.4, 0.5) is 0 Å². The van der Waals surface area contributed by atoms with E-state index in [0.29, 0.717) is 5.75 Å². The van der Waals surface area contributed by atoms with Gasteiger partial charge in [-0.3, -0.25) is 9.00 Å². The molecule has 0 saturated carbocycles. The first kappa shape index (κ1) is 14.6. The lowest BCUT2D eigenvalue weighted by atomic mass is 10.2. The average Bonchev–Trinajstić information content (AvgIpc) is 2.16. The molecule has 2 atom stereocenters. The molecule has 0 aromatic heterocycles. The van der Waals surface area contributed by atoms with Gasteiger partial charge in [-0.25, -0.2) is 0 Å². The molecule has 1 N–H and O–H groups in total. The summed E-state index contributed by atoms with van der Waals surface area (Å²) in [5.41, 5.74) is 0. The second-order valence-corrected chi connectivity index (χ2v) is 5.88. The van der Waals surface area contributed by atoms with E-state index >= 15 is 0 Å². The molecule has 0 spiro atoms. The Kier molecular flexibility index (Phi) is 8.67. The Morgan fingerprint density at radius 2 is 1.87 bits per heavy atom. The molecule has 2 unspecified atom stereocenters. The highest BCUT2D eigenvalue weighted by Gasteiger charge is 2.13. The molecule has 0 fully saturated rings. The van der Waals surface area contributed by atoms with Gasteiger partial charge in [0, 0.05) is 21.8 Å². The molecule has 0 aromatic carbocycles. The van der Waals surface area contributed by atoms with Gasteiger partial charge in [0.15, 0.2) is 0 Å².